The second kappa shape index (κ2) is 7.29. The Bertz CT molecular complexity index is 715. The molecule has 6 heteroatoms. The van der Waals surface area contributed by atoms with Crippen molar-refractivity contribution in [1.82, 2.24) is 10.2 Å². The highest BCUT2D eigenvalue weighted by atomic mass is 16.6. The molecular weight excluding hydrogens is 320 g/mol. The first kappa shape index (κ1) is 16.2. The summed E-state index contributed by atoms with van der Waals surface area (Å²) in [4.78, 5) is 14.7. The van der Waals surface area contributed by atoms with E-state index in [1.807, 2.05) is 30.3 Å². The number of amides is 1. The number of nitrogens with zero attached hydrogens (tertiary/aromatic N) is 1. The molecule has 2 aliphatic rings. The quantitative estimate of drug-likeness (QED) is 0.905. The molecule has 0 aliphatic carbocycles. The lowest BCUT2D eigenvalue weighted by Crippen LogP contribution is -2.50. The highest BCUT2D eigenvalue weighted by molar-refractivity contribution is 5.91. The van der Waals surface area contributed by atoms with Gasteiger partial charge in [0.2, 0.25) is 0 Å². The van der Waals surface area contributed by atoms with E-state index in [0.29, 0.717) is 24.3 Å². The number of ether oxygens (including phenoxy) is 2. The van der Waals surface area contributed by atoms with Gasteiger partial charge in [-0.05, 0) is 37.6 Å². The van der Waals surface area contributed by atoms with Gasteiger partial charge in [0.1, 0.15) is 5.75 Å². The number of carbonyl (C=O) groups excluding carboxylic acids is 1. The van der Waals surface area contributed by atoms with Gasteiger partial charge >= 0.3 is 0 Å². The number of carbonyl (C=O) groups is 1. The molecule has 25 heavy (non-hydrogen) atoms. The number of benzene rings is 1. The number of fused-ring (bicyclic) bond motifs is 1. The molecule has 2 fully saturated rings. The van der Waals surface area contributed by atoms with Gasteiger partial charge in [0, 0.05) is 25.2 Å². The number of hydrogen-bond donors (Lipinski definition) is 1. The van der Waals surface area contributed by atoms with Crippen molar-refractivity contribution in [2.45, 2.75) is 25.0 Å². The number of hydrogen-bond acceptors (Lipinski definition) is 5. The Morgan fingerprint density at radius 2 is 2.12 bits per heavy atom. The summed E-state index contributed by atoms with van der Waals surface area (Å²) in [5, 5.41) is 2.89. The van der Waals surface area contributed by atoms with Crippen LogP contribution >= 0.6 is 0 Å². The molecule has 6 nitrogen and oxygen atoms in total. The third-order valence-electron chi connectivity index (χ3n) is 4.72. The van der Waals surface area contributed by atoms with Gasteiger partial charge in [-0.15, -0.1) is 0 Å². The normalized spacial score (nSPS) is 23.2. The van der Waals surface area contributed by atoms with E-state index in [-0.39, 0.29) is 17.8 Å². The van der Waals surface area contributed by atoms with Gasteiger partial charge in [-0.25, -0.2) is 0 Å². The average Bonchev–Trinajstić information content (AvgIpc) is 3.29. The number of morpholine rings is 1. The number of rotatable bonds is 5. The monoisotopic (exact) mass is 342 g/mol. The van der Waals surface area contributed by atoms with E-state index < -0.39 is 0 Å². The van der Waals surface area contributed by atoms with E-state index in [2.05, 4.69) is 10.2 Å². The standard InChI is InChI=1S/C19H22N2O4/c22-19(20-11-16-12-21-10-4-5-14(21)13-23-16)17-8-9-18(25-17)24-15-6-2-1-3-7-15/h1-3,6-9,14,16H,4-5,10-13H2,(H,20,22)/t14-,16-/m0/s1. The molecule has 0 spiro atoms. The molecule has 0 bridgehead atoms. The van der Waals surface area contributed by atoms with Crippen molar-refractivity contribution in [2.75, 3.05) is 26.2 Å². The van der Waals surface area contributed by atoms with Crippen LogP contribution in [-0.2, 0) is 4.74 Å². The second-order valence-electron chi connectivity index (χ2n) is 6.49. The zero-order valence-electron chi connectivity index (χ0n) is 14.0. The Kier molecular flexibility index (Phi) is 4.72. The van der Waals surface area contributed by atoms with Gasteiger partial charge in [-0.1, -0.05) is 18.2 Å². The van der Waals surface area contributed by atoms with E-state index in [9.17, 15) is 4.79 Å². The first-order valence-electron chi connectivity index (χ1n) is 8.74. The fraction of sp³-hybridized carbons (Fsp3) is 0.421. The molecule has 2 aliphatic heterocycles. The summed E-state index contributed by atoms with van der Waals surface area (Å²) >= 11 is 0. The fourth-order valence-electron chi connectivity index (χ4n) is 3.40. The Morgan fingerprint density at radius 3 is 3.00 bits per heavy atom. The van der Waals surface area contributed by atoms with Gasteiger partial charge in [-0.3, -0.25) is 9.69 Å². The van der Waals surface area contributed by atoms with Crippen LogP contribution in [-0.4, -0.2) is 49.2 Å². The molecule has 1 aromatic heterocycles. The summed E-state index contributed by atoms with van der Waals surface area (Å²) < 4.78 is 16.9. The molecule has 2 aromatic rings. The van der Waals surface area contributed by atoms with Crippen LogP contribution in [0.1, 0.15) is 23.4 Å². The average molecular weight is 342 g/mol. The van der Waals surface area contributed by atoms with Gasteiger partial charge in [-0.2, -0.15) is 0 Å². The maximum absolute atomic E-state index is 12.3. The molecule has 132 valence electrons. The van der Waals surface area contributed by atoms with E-state index in [4.69, 9.17) is 13.9 Å². The van der Waals surface area contributed by atoms with Gasteiger partial charge in [0.05, 0.1) is 12.7 Å². The zero-order valence-corrected chi connectivity index (χ0v) is 14.0. The van der Waals surface area contributed by atoms with Crippen molar-refractivity contribution in [3.05, 3.63) is 48.2 Å². The molecule has 4 rings (SSSR count). The van der Waals surface area contributed by atoms with Crippen LogP contribution in [0.5, 0.6) is 11.7 Å². The minimum atomic E-state index is -0.255. The molecule has 3 heterocycles. The Morgan fingerprint density at radius 1 is 1.24 bits per heavy atom. The summed E-state index contributed by atoms with van der Waals surface area (Å²) in [7, 11) is 0. The van der Waals surface area contributed by atoms with E-state index in [1.165, 1.54) is 12.8 Å². The molecule has 2 atom stereocenters. The summed E-state index contributed by atoms with van der Waals surface area (Å²) in [6.45, 7) is 3.26. The van der Waals surface area contributed by atoms with Gasteiger partial charge in [0.15, 0.2) is 5.76 Å². The van der Waals surface area contributed by atoms with Crippen LogP contribution in [0.4, 0.5) is 0 Å². The maximum atomic E-state index is 12.3. The number of nitrogens with one attached hydrogen (secondary N) is 1. The van der Waals surface area contributed by atoms with Crippen LogP contribution in [0.15, 0.2) is 46.9 Å². The van der Waals surface area contributed by atoms with E-state index >= 15 is 0 Å². The lowest BCUT2D eigenvalue weighted by molar-refractivity contribution is -0.0462. The topological polar surface area (TPSA) is 63.9 Å². The summed E-state index contributed by atoms with van der Waals surface area (Å²) in [5.41, 5.74) is 0. The summed E-state index contributed by atoms with van der Waals surface area (Å²) in [5.74, 6) is 0.945. The Balaban J connectivity index is 1.28. The predicted molar refractivity (Wildman–Crippen MR) is 91.9 cm³/mol. The molecule has 0 unspecified atom stereocenters. The number of para-hydroxylation sites is 1. The predicted octanol–water partition coefficient (Wildman–Crippen LogP) is 2.66. The van der Waals surface area contributed by atoms with Crippen molar-refractivity contribution in [3.8, 4) is 11.7 Å². The summed E-state index contributed by atoms with van der Waals surface area (Å²) in [6.07, 6.45) is 2.49. The Hall–Kier alpha value is -2.31. The highest BCUT2D eigenvalue weighted by Crippen LogP contribution is 2.24. The Labute approximate surface area is 146 Å². The third kappa shape index (κ3) is 3.86. The van der Waals surface area contributed by atoms with Crippen molar-refractivity contribution in [3.63, 3.8) is 0 Å². The van der Waals surface area contributed by atoms with Crippen molar-refractivity contribution >= 4 is 5.91 Å². The highest BCUT2D eigenvalue weighted by Gasteiger charge is 2.32. The molecular formula is C19H22N2O4. The van der Waals surface area contributed by atoms with Gasteiger partial charge < -0.3 is 19.2 Å². The lowest BCUT2D eigenvalue weighted by Gasteiger charge is -2.35. The van der Waals surface area contributed by atoms with Crippen LogP contribution in [0.3, 0.4) is 0 Å². The van der Waals surface area contributed by atoms with Crippen molar-refractivity contribution in [2.24, 2.45) is 0 Å². The van der Waals surface area contributed by atoms with Crippen LogP contribution in [0, 0.1) is 0 Å². The van der Waals surface area contributed by atoms with Crippen LogP contribution in [0.2, 0.25) is 0 Å². The molecule has 0 saturated carbocycles. The first-order valence-corrected chi connectivity index (χ1v) is 8.74. The third-order valence-corrected chi connectivity index (χ3v) is 4.72. The lowest BCUT2D eigenvalue weighted by atomic mass is 10.2. The second-order valence-corrected chi connectivity index (χ2v) is 6.49. The van der Waals surface area contributed by atoms with Crippen LogP contribution in [0.25, 0.3) is 0 Å². The maximum Gasteiger partial charge on any atom is 0.290 e. The largest absolute Gasteiger partial charge is 0.426 e. The van der Waals surface area contributed by atoms with Crippen molar-refractivity contribution < 1.29 is 18.7 Å². The smallest absolute Gasteiger partial charge is 0.290 e. The van der Waals surface area contributed by atoms with E-state index in [0.717, 1.165) is 19.7 Å². The minimum Gasteiger partial charge on any atom is -0.426 e. The zero-order chi connectivity index (χ0) is 17.1. The summed E-state index contributed by atoms with van der Waals surface area (Å²) in [6, 6.07) is 13.1. The van der Waals surface area contributed by atoms with E-state index in [1.54, 1.807) is 12.1 Å². The SMILES string of the molecule is O=C(NC[C@H]1CN2CCC[C@H]2CO1)c1ccc(Oc2ccccc2)o1. The minimum absolute atomic E-state index is 0.0355. The molecule has 1 N–H and O–H groups in total. The molecule has 1 aromatic carbocycles. The molecule has 0 radical (unpaired) electrons. The molecule has 2 saturated heterocycles. The van der Waals surface area contributed by atoms with Crippen LogP contribution < -0.4 is 10.1 Å². The van der Waals surface area contributed by atoms with Gasteiger partial charge in [0.25, 0.3) is 11.9 Å². The number of furan rings is 1. The van der Waals surface area contributed by atoms with Crippen molar-refractivity contribution in [1.29, 1.82) is 0 Å². The molecule has 1 amide bonds. The fourth-order valence-corrected chi connectivity index (χ4v) is 3.40. The first-order chi connectivity index (χ1) is 12.3.